The van der Waals surface area contributed by atoms with E-state index in [0.29, 0.717) is 40.2 Å². The molecule has 0 spiro atoms. The van der Waals surface area contributed by atoms with Crippen molar-refractivity contribution in [1.82, 2.24) is 4.90 Å². The fourth-order valence-corrected chi connectivity index (χ4v) is 3.94. The van der Waals surface area contributed by atoms with E-state index < -0.39 is 35.2 Å². The zero-order chi connectivity index (χ0) is 21.8. The highest BCUT2D eigenvalue weighted by molar-refractivity contribution is 9.10. The van der Waals surface area contributed by atoms with Gasteiger partial charge in [-0.3, -0.25) is 19.3 Å². The van der Waals surface area contributed by atoms with Crippen LogP contribution in [0.4, 0.5) is 19.3 Å². The van der Waals surface area contributed by atoms with E-state index >= 15 is 0 Å². The Morgan fingerprint density at radius 3 is 2.67 bits per heavy atom. The summed E-state index contributed by atoms with van der Waals surface area (Å²) >= 11 is 4.08. The van der Waals surface area contributed by atoms with E-state index in [0.717, 1.165) is 17.0 Å². The largest absolute Gasteiger partial charge is 0.493 e. The van der Waals surface area contributed by atoms with Crippen molar-refractivity contribution in [2.45, 2.75) is 6.92 Å². The van der Waals surface area contributed by atoms with Gasteiger partial charge < -0.3 is 10.1 Å². The number of thioether (sulfide) groups is 1. The minimum atomic E-state index is -0.960. The smallest absolute Gasteiger partial charge is 0.294 e. The van der Waals surface area contributed by atoms with Crippen LogP contribution in [-0.4, -0.2) is 35.1 Å². The second kappa shape index (κ2) is 9.40. The molecule has 3 rings (SSSR count). The lowest BCUT2D eigenvalue weighted by Crippen LogP contribution is -2.36. The standard InChI is InChI=1S/C20H15BrF2N2O4S/c1-2-29-16-6-3-11(7-13(16)21)8-17-19(27)25(20(28)30-17)10-18(26)24-15-5-4-12(22)9-14(15)23/h3-9H,2,10H2,1H3,(H,24,26)/b17-8-. The Bertz CT molecular complexity index is 1060. The lowest BCUT2D eigenvalue weighted by molar-refractivity contribution is -0.127. The lowest BCUT2D eigenvalue weighted by atomic mass is 10.2. The third-order valence-corrected chi connectivity index (χ3v) is 5.46. The number of carbonyl (C=O) groups is 3. The zero-order valence-corrected chi connectivity index (χ0v) is 18.0. The molecule has 30 heavy (non-hydrogen) atoms. The topological polar surface area (TPSA) is 75.7 Å². The molecule has 1 aliphatic heterocycles. The Hall–Kier alpha value is -2.72. The van der Waals surface area contributed by atoms with Gasteiger partial charge in [0.1, 0.15) is 23.9 Å². The zero-order valence-electron chi connectivity index (χ0n) is 15.6. The van der Waals surface area contributed by atoms with Crippen molar-refractivity contribution in [1.29, 1.82) is 0 Å². The summed E-state index contributed by atoms with van der Waals surface area (Å²) < 4.78 is 32.7. The fraction of sp³-hybridized carbons (Fsp3) is 0.150. The van der Waals surface area contributed by atoms with E-state index in [2.05, 4.69) is 21.2 Å². The van der Waals surface area contributed by atoms with Crippen molar-refractivity contribution in [3.05, 3.63) is 63.0 Å². The predicted octanol–water partition coefficient (Wildman–Crippen LogP) is 4.80. The number of halogens is 3. The number of rotatable bonds is 6. The van der Waals surface area contributed by atoms with Gasteiger partial charge in [-0.15, -0.1) is 0 Å². The maximum absolute atomic E-state index is 13.7. The molecule has 2 aromatic rings. The molecule has 0 radical (unpaired) electrons. The van der Waals surface area contributed by atoms with Crippen LogP contribution in [0.25, 0.3) is 6.08 Å². The van der Waals surface area contributed by atoms with Crippen molar-refractivity contribution in [3.63, 3.8) is 0 Å². The molecule has 1 aliphatic rings. The minimum absolute atomic E-state index is 0.150. The first kappa shape index (κ1) is 22.0. The molecule has 0 aromatic heterocycles. The number of anilines is 1. The Kier molecular flexibility index (Phi) is 6.88. The first-order valence-corrected chi connectivity index (χ1v) is 10.3. The highest BCUT2D eigenvalue weighted by Crippen LogP contribution is 2.34. The molecular formula is C20H15BrF2N2O4S. The molecule has 1 fully saturated rings. The second-order valence-corrected chi connectivity index (χ2v) is 7.91. The molecule has 2 aromatic carbocycles. The number of nitrogens with one attached hydrogen (secondary N) is 1. The molecule has 10 heteroatoms. The van der Waals surface area contributed by atoms with Gasteiger partial charge in [0.2, 0.25) is 5.91 Å². The number of hydrogen-bond donors (Lipinski definition) is 1. The van der Waals surface area contributed by atoms with Crippen molar-refractivity contribution in [2.75, 3.05) is 18.5 Å². The fourth-order valence-electron chi connectivity index (χ4n) is 2.59. The molecule has 0 unspecified atom stereocenters. The third kappa shape index (κ3) is 5.06. The number of hydrogen-bond acceptors (Lipinski definition) is 5. The summed E-state index contributed by atoms with van der Waals surface area (Å²) in [6.07, 6.45) is 1.53. The number of carbonyl (C=O) groups excluding carboxylic acids is 3. The normalized spacial score (nSPS) is 15.1. The number of imide groups is 1. The van der Waals surface area contributed by atoms with Gasteiger partial charge in [-0.2, -0.15) is 0 Å². The van der Waals surface area contributed by atoms with Gasteiger partial charge in [-0.1, -0.05) is 6.07 Å². The Labute approximate surface area is 183 Å². The first-order chi connectivity index (χ1) is 14.3. The maximum Gasteiger partial charge on any atom is 0.294 e. The summed E-state index contributed by atoms with van der Waals surface area (Å²) in [5.74, 6) is -2.52. The number of benzene rings is 2. The third-order valence-electron chi connectivity index (χ3n) is 3.93. The van der Waals surface area contributed by atoms with Crippen LogP contribution in [0.3, 0.4) is 0 Å². The lowest BCUT2D eigenvalue weighted by Gasteiger charge is -2.12. The van der Waals surface area contributed by atoms with Crippen molar-refractivity contribution < 1.29 is 27.9 Å². The monoisotopic (exact) mass is 496 g/mol. The summed E-state index contributed by atoms with van der Waals surface area (Å²) in [6.45, 7) is 1.77. The Balaban J connectivity index is 1.70. The SMILES string of the molecule is CCOc1ccc(/C=C2\SC(=O)N(CC(=O)Nc3ccc(F)cc3F)C2=O)cc1Br. The van der Waals surface area contributed by atoms with Crippen LogP contribution in [0.1, 0.15) is 12.5 Å². The molecule has 0 saturated carbocycles. The van der Waals surface area contributed by atoms with Crippen LogP contribution in [0.15, 0.2) is 45.8 Å². The van der Waals surface area contributed by atoms with Crippen LogP contribution in [0.5, 0.6) is 5.75 Å². The van der Waals surface area contributed by atoms with Crippen molar-refractivity contribution >= 4 is 56.5 Å². The molecule has 3 amide bonds. The van der Waals surface area contributed by atoms with Crippen LogP contribution >= 0.6 is 27.7 Å². The highest BCUT2D eigenvalue weighted by Gasteiger charge is 2.36. The molecule has 1 N–H and O–H groups in total. The van der Waals surface area contributed by atoms with Crippen molar-refractivity contribution in [3.8, 4) is 5.75 Å². The maximum atomic E-state index is 13.7. The van der Waals surface area contributed by atoms with Crippen LogP contribution < -0.4 is 10.1 Å². The Morgan fingerprint density at radius 2 is 2.00 bits per heavy atom. The number of amides is 3. The average Bonchev–Trinajstić information content (AvgIpc) is 2.94. The molecule has 0 bridgehead atoms. The number of nitrogens with zero attached hydrogens (tertiary/aromatic N) is 1. The van der Waals surface area contributed by atoms with Gasteiger partial charge in [-0.25, -0.2) is 8.78 Å². The van der Waals surface area contributed by atoms with E-state index in [9.17, 15) is 23.2 Å². The van der Waals surface area contributed by atoms with Crippen LogP contribution in [0.2, 0.25) is 0 Å². The van der Waals surface area contributed by atoms with Crippen molar-refractivity contribution in [2.24, 2.45) is 0 Å². The molecule has 0 atom stereocenters. The highest BCUT2D eigenvalue weighted by atomic mass is 79.9. The van der Waals surface area contributed by atoms with E-state index in [1.807, 2.05) is 6.92 Å². The quantitative estimate of drug-likeness (QED) is 0.581. The summed E-state index contributed by atoms with van der Waals surface area (Å²) in [5, 5.41) is 1.60. The van der Waals surface area contributed by atoms with Gasteiger partial charge in [0.15, 0.2) is 0 Å². The molecule has 6 nitrogen and oxygen atoms in total. The number of ether oxygens (including phenoxy) is 1. The summed E-state index contributed by atoms with van der Waals surface area (Å²) in [6, 6.07) is 7.86. The summed E-state index contributed by atoms with van der Waals surface area (Å²) in [5.41, 5.74) is 0.414. The van der Waals surface area contributed by atoms with E-state index in [1.54, 1.807) is 18.2 Å². The van der Waals surface area contributed by atoms with Gasteiger partial charge in [0.05, 0.1) is 21.7 Å². The molecule has 156 valence electrons. The molecule has 1 saturated heterocycles. The van der Waals surface area contributed by atoms with Gasteiger partial charge in [0.25, 0.3) is 11.1 Å². The molecular weight excluding hydrogens is 482 g/mol. The average molecular weight is 497 g/mol. The van der Waals surface area contributed by atoms with Crippen LogP contribution in [-0.2, 0) is 9.59 Å². The van der Waals surface area contributed by atoms with Crippen LogP contribution in [0, 0.1) is 11.6 Å². The van der Waals surface area contributed by atoms with Gasteiger partial charge in [0, 0.05) is 6.07 Å². The minimum Gasteiger partial charge on any atom is -0.493 e. The summed E-state index contributed by atoms with van der Waals surface area (Å²) in [4.78, 5) is 37.8. The summed E-state index contributed by atoms with van der Waals surface area (Å²) in [7, 11) is 0. The molecule has 0 aliphatic carbocycles. The van der Waals surface area contributed by atoms with E-state index in [-0.39, 0.29) is 10.6 Å². The van der Waals surface area contributed by atoms with E-state index in [4.69, 9.17) is 4.74 Å². The van der Waals surface area contributed by atoms with Gasteiger partial charge in [-0.05, 0) is 70.5 Å². The second-order valence-electron chi connectivity index (χ2n) is 6.06. The predicted molar refractivity (Wildman–Crippen MR) is 113 cm³/mol. The molecule has 1 heterocycles. The van der Waals surface area contributed by atoms with E-state index in [1.165, 1.54) is 6.08 Å². The van der Waals surface area contributed by atoms with Gasteiger partial charge >= 0.3 is 0 Å². The first-order valence-electron chi connectivity index (χ1n) is 8.71. The Morgan fingerprint density at radius 1 is 1.23 bits per heavy atom.